The van der Waals surface area contributed by atoms with E-state index in [2.05, 4.69) is 10.2 Å². The number of rotatable bonds is 5. The molecule has 0 spiro atoms. The van der Waals surface area contributed by atoms with Crippen LogP contribution < -0.4 is 20.0 Å². The Morgan fingerprint density at radius 1 is 1.15 bits per heavy atom. The molecule has 1 atom stereocenters. The summed E-state index contributed by atoms with van der Waals surface area (Å²) in [6.45, 7) is 1.52. The lowest BCUT2D eigenvalue weighted by atomic mass is 10.0. The molecule has 2 N–H and O–H groups in total. The molecule has 0 aliphatic carbocycles. The van der Waals surface area contributed by atoms with Gasteiger partial charge in [0.2, 0.25) is 18.2 Å². The van der Waals surface area contributed by atoms with E-state index in [1.165, 1.54) is 4.90 Å². The van der Waals surface area contributed by atoms with Crippen molar-refractivity contribution in [1.29, 1.82) is 0 Å². The van der Waals surface area contributed by atoms with Crippen molar-refractivity contribution < 1.29 is 19.5 Å². The summed E-state index contributed by atoms with van der Waals surface area (Å²) in [6.07, 6.45) is 2.66. The number of aliphatic hydroxyl groups excluding tert-OH is 1. The highest BCUT2D eigenvalue weighted by molar-refractivity contribution is 6.02. The number of piperidine rings is 2. The van der Waals surface area contributed by atoms with Gasteiger partial charge in [0.15, 0.2) is 0 Å². The lowest BCUT2D eigenvalue weighted by molar-refractivity contribution is -0.134. The monoisotopic (exact) mass is 374 g/mol. The molecule has 146 valence electrons. The molecule has 1 aromatic rings. The summed E-state index contributed by atoms with van der Waals surface area (Å²) in [5, 5.41) is 12.1. The van der Waals surface area contributed by atoms with Gasteiger partial charge in [0.05, 0.1) is 17.5 Å². The van der Waals surface area contributed by atoms with E-state index >= 15 is 0 Å². The van der Waals surface area contributed by atoms with Crippen molar-refractivity contribution in [3.63, 3.8) is 0 Å². The van der Waals surface area contributed by atoms with Crippen molar-refractivity contribution in [3.8, 4) is 0 Å². The Labute approximate surface area is 158 Å². The van der Waals surface area contributed by atoms with Gasteiger partial charge in [0.25, 0.3) is 0 Å². The van der Waals surface area contributed by atoms with Crippen LogP contribution in [0, 0.1) is 0 Å². The molecule has 2 aliphatic rings. The lowest BCUT2D eigenvalue weighted by Gasteiger charge is -2.35. The second kappa shape index (κ2) is 7.96. The van der Waals surface area contributed by atoms with Gasteiger partial charge in [0.1, 0.15) is 6.04 Å². The molecule has 2 aliphatic heterocycles. The summed E-state index contributed by atoms with van der Waals surface area (Å²) in [6, 6.07) is 5.35. The van der Waals surface area contributed by atoms with Crippen molar-refractivity contribution in [3.05, 3.63) is 18.2 Å². The van der Waals surface area contributed by atoms with Crippen LogP contribution in [0.4, 0.5) is 17.1 Å². The smallest absolute Gasteiger partial charge is 0.249 e. The van der Waals surface area contributed by atoms with Crippen LogP contribution in [0.5, 0.6) is 0 Å². The lowest BCUT2D eigenvalue weighted by Crippen LogP contribution is -2.51. The Kier molecular flexibility index (Phi) is 5.65. The number of benzene rings is 1. The highest BCUT2D eigenvalue weighted by Gasteiger charge is 2.31. The van der Waals surface area contributed by atoms with Gasteiger partial charge in [-0.2, -0.15) is 0 Å². The van der Waals surface area contributed by atoms with Crippen LogP contribution in [0.15, 0.2) is 18.2 Å². The van der Waals surface area contributed by atoms with E-state index in [-0.39, 0.29) is 17.9 Å². The first kappa shape index (κ1) is 19.2. The quantitative estimate of drug-likeness (QED) is 0.575. The fraction of sp³-hybridized carbons (Fsp3) is 0.526. The minimum Gasteiger partial charge on any atom is -0.393 e. The predicted octanol–water partition coefficient (Wildman–Crippen LogP) is 0.482. The number of carbonyl (C=O) groups is 3. The molecule has 0 radical (unpaired) electrons. The van der Waals surface area contributed by atoms with E-state index in [9.17, 15) is 19.5 Å². The minimum atomic E-state index is -0.461. The Bertz CT molecular complexity index is 730. The third-order valence-electron chi connectivity index (χ3n) is 5.38. The maximum absolute atomic E-state index is 12.2. The zero-order chi connectivity index (χ0) is 19.6. The number of nitrogens with one attached hydrogen (secondary N) is 1. The molecule has 27 heavy (non-hydrogen) atoms. The Hall–Kier alpha value is -2.61. The zero-order valence-electron chi connectivity index (χ0n) is 15.7. The van der Waals surface area contributed by atoms with Crippen molar-refractivity contribution >= 4 is 35.3 Å². The number of nitrogens with zero attached hydrogens (tertiary/aromatic N) is 3. The first-order chi connectivity index (χ1) is 12.9. The van der Waals surface area contributed by atoms with Crippen molar-refractivity contribution in [1.82, 2.24) is 5.32 Å². The summed E-state index contributed by atoms with van der Waals surface area (Å²) >= 11 is 0. The third-order valence-corrected chi connectivity index (χ3v) is 5.38. The van der Waals surface area contributed by atoms with Gasteiger partial charge in [-0.15, -0.1) is 0 Å². The molecule has 3 amide bonds. The van der Waals surface area contributed by atoms with Crippen LogP contribution in [0.2, 0.25) is 0 Å². The van der Waals surface area contributed by atoms with Crippen LogP contribution in [-0.4, -0.2) is 62.7 Å². The third kappa shape index (κ3) is 4.05. The van der Waals surface area contributed by atoms with Crippen molar-refractivity contribution in [2.45, 2.75) is 37.8 Å². The maximum atomic E-state index is 12.2. The summed E-state index contributed by atoms with van der Waals surface area (Å²) in [5.41, 5.74) is 2.42. The summed E-state index contributed by atoms with van der Waals surface area (Å²) in [4.78, 5) is 40.6. The molecule has 0 aromatic heterocycles. The van der Waals surface area contributed by atoms with Gasteiger partial charge in [-0.05, 0) is 37.5 Å². The molecule has 0 saturated carbocycles. The van der Waals surface area contributed by atoms with Crippen LogP contribution >= 0.6 is 0 Å². The largest absolute Gasteiger partial charge is 0.393 e. The molecule has 0 bridgehead atoms. The SMILES string of the molecule is CN(C=O)c1cc(N2CCC(O)CC2)ccc1N(C)C1CCC(=O)NC1=O. The minimum absolute atomic E-state index is 0.252. The van der Waals surface area contributed by atoms with Crippen LogP contribution in [0.1, 0.15) is 25.7 Å². The molecule has 1 unspecified atom stereocenters. The average molecular weight is 374 g/mol. The second-order valence-corrected chi connectivity index (χ2v) is 7.19. The van der Waals surface area contributed by atoms with E-state index in [0.717, 1.165) is 43.7 Å². The topological polar surface area (TPSA) is 93.2 Å². The molecule has 3 rings (SSSR count). The fourth-order valence-corrected chi connectivity index (χ4v) is 3.69. The molecule has 2 fully saturated rings. The van der Waals surface area contributed by atoms with Crippen LogP contribution in [0.25, 0.3) is 0 Å². The first-order valence-corrected chi connectivity index (χ1v) is 9.22. The second-order valence-electron chi connectivity index (χ2n) is 7.19. The number of hydrogen-bond donors (Lipinski definition) is 2. The normalized spacial score (nSPS) is 21.0. The molecular weight excluding hydrogens is 348 g/mol. The van der Waals surface area contributed by atoms with Crippen LogP contribution in [-0.2, 0) is 14.4 Å². The standard InChI is InChI=1S/C19H26N4O4/c1-21(12-24)17-11-13(23-9-7-14(25)8-10-23)3-4-15(17)22(2)16-5-6-18(26)20-19(16)27/h3-4,11-12,14,16,25H,5-10H2,1-2H3,(H,20,26,27). The highest BCUT2D eigenvalue weighted by Crippen LogP contribution is 2.35. The number of imide groups is 1. The Balaban J connectivity index is 1.89. The number of amides is 3. The first-order valence-electron chi connectivity index (χ1n) is 9.22. The predicted molar refractivity (Wildman–Crippen MR) is 103 cm³/mol. The van der Waals surface area contributed by atoms with Crippen molar-refractivity contribution in [2.24, 2.45) is 0 Å². The van der Waals surface area contributed by atoms with Gasteiger partial charge in [0, 0.05) is 39.3 Å². The van der Waals surface area contributed by atoms with E-state index in [1.54, 1.807) is 14.1 Å². The Morgan fingerprint density at radius 3 is 2.48 bits per heavy atom. The number of hydrogen-bond acceptors (Lipinski definition) is 6. The molecule has 2 saturated heterocycles. The maximum Gasteiger partial charge on any atom is 0.249 e. The number of carbonyl (C=O) groups excluding carboxylic acids is 3. The van der Waals surface area contributed by atoms with Gasteiger partial charge in [-0.1, -0.05) is 0 Å². The molecule has 8 heteroatoms. The van der Waals surface area contributed by atoms with Gasteiger partial charge < -0.3 is 19.8 Å². The molecular formula is C19H26N4O4. The van der Waals surface area contributed by atoms with E-state index in [0.29, 0.717) is 18.5 Å². The van der Waals surface area contributed by atoms with Gasteiger partial charge in [-0.3, -0.25) is 19.7 Å². The van der Waals surface area contributed by atoms with Gasteiger partial charge >= 0.3 is 0 Å². The molecule has 1 aromatic carbocycles. The Morgan fingerprint density at radius 2 is 1.85 bits per heavy atom. The number of likely N-dealkylation sites (N-methyl/N-ethyl adjacent to an activating group) is 1. The number of anilines is 3. The summed E-state index contributed by atoms with van der Waals surface area (Å²) in [5.74, 6) is -0.569. The number of aliphatic hydroxyl groups is 1. The zero-order valence-corrected chi connectivity index (χ0v) is 15.7. The van der Waals surface area contributed by atoms with Gasteiger partial charge in [-0.25, -0.2) is 0 Å². The highest BCUT2D eigenvalue weighted by atomic mass is 16.3. The molecule has 8 nitrogen and oxygen atoms in total. The van der Waals surface area contributed by atoms with Crippen molar-refractivity contribution in [2.75, 3.05) is 41.9 Å². The molecule has 2 heterocycles. The van der Waals surface area contributed by atoms with E-state index in [4.69, 9.17) is 0 Å². The summed E-state index contributed by atoms with van der Waals surface area (Å²) in [7, 11) is 3.47. The average Bonchev–Trinajstić information content (AvgIpc) is 2.67. The van der Waals surface area contributed by atoms with Crippen LogP contribution in [0.3, 0.4) is 0 Å². The van der Waals surface area contributed by atoms with E-state index < -0.39 is 6.04 Å². The summed E-state index contributed by atoms with van der Waals surface area (Å²) < 4.78 is 0. The van der Waals surface area contributed by atoms with E-state index in [1.807, 2.05) is 23.1 Å². The fourth-order valence-electron chi connectivity index (χ4n) is 3.69.